The summed E-state index contributed by atoms with van der Waals surface area (Å²) in [5.74, 6) is 0. The molecule has 2 nitrogen and oxygen atoms in total. The van der Waals surface area contributed by atoms with Gasteiger partial charge in [-0.1, -0.05) is 18.2 Å². The maximum absolute atomic E-state index is 2.33. The number of para-hydroxylation sites is 1. The van der Waals surface area contributed by atoms with E-state index in [9.17, 15) is 0 Å². The number of hydrogen-bond acceptors (Lipinski definition) is 1. The first kappa shape index (κ1) is 11.2. The van der Waals surface area contributed by atoms with Crippen molar-refractivity contribution in [1.82, 2.24) is 9.47 Å². The van der Waals surface area contributed by atoms with Crippen molar-refractivity contribution < 1.29 is 0 Å². The SMILES string of the molecule is CCn1cc(CCN(C)C)c2ccccc21. The molecule has 0 spiro atoms. The molecule has 0 saturated carbocycles. The second-order valence-corrected chi connectivity index (χ2v) is 4.51. The van der Waals surface area contributed by atoms with E-state index in [-0.39, 0.29) is 0 Å². The molecule has 0 N–H and O–H groups in total. The Bertz CT molecular complexity index is 469. The summed E-state index contributed by atoms with van der Waals surface area (Å²) in [4.78, 5) is 2.23. The third kappa shape index (κ3) is 2.12. The van der Waals surface area contributed by atoms with Crippen LogP contribution in [0, 0.1) is 0 Å². The summed E-state index contributed by atoms with van der Waals surface area (Å²) in [7, 11) is 4.25. The van der Waals surface area contributed by atoms with Gasteiger partial charge < -0.3 is 9.47 Å². The van der Waals surface area contributed by atoms with Crippen molar-refractivity contribution in [2.45, 2.75) is 19.9 Å². The smallest absolute Gasteiger partial charge is 0.0483 e. The molecule has 16 heavy (non-hydrogen) atoms. The van der Waals surface area contributed by atoms with Gasteiger partial charge >= 0.3 is 0 Å². The average Bonchev–Trinajstić information content (AvgIpc) is 2.65. The van der Waals surface area contributed by atoms with Gasteiger partial charge in [0.2, 0.25) is 0 Å². The summed E-state index contributed by atoms with van der Waals surface area (Å²) in [5.41, 5.74) is 2.82. The van der Waals surface area contributed by atoms with Crippen molar-refractivity contribution in [1.29, 1.82) is 0 Å². The Balaban J connectivity index is 2.37. The van der Waals surface area contributed by atoms with Crippen LogP contribution >= 0.6 is 0 Å². The molecule has 1 aromatic heterocycles. The van der Waals surface area contributed by atoms with E-state index >= 15 is 0 Å². The van der Waals surface area contributed by atoms with Crippen LogP contribution in [0.4, 0.5) is 0 Å². The summed E-state index contributed by atoms with van der Waals surface area (Å²) < 4.78 is 2.33. The first-order valence-electron chi connectivity index (χ1n) is 5.94. The molecule has 0 fully saturated rings. The van der Waals surface area contributed by atoms with Crippen LogP contribution in [0.5, 0.6) is 0 Å². The van der Waals surface area contributed by atoms with Gasteiger partial charge in [-0.15, -0.1) is 0 Å². The third-order valence-electron chi connectivity index (χ3n) is 3.04. The van der Waals surface area contributed by atoms with Crippen molar-refractivity contribution in [3.8, 4) is 0 Å². The minimum Gasteiger partial charge on any atom is -0.347 e. The van der Waals surface area contributed by atoms with Crippen LogP contribution in [0.15, 0.2) is 30.5 Å². The van der Waals surface area contributed by atoms with Crippen LogP contribution in [-0.4, -0.2) is 30.1 Å². The van der Waals surface area contributed by atoms with Gasteiger partial charge in [-0.3, -0.25) is 0 Å². The Morgan fingerprint density at radius 2 is 1.94 bits per heavy atom. The predicted octanol–water partition coefficient (Wildman–Crippen LogP) is 2.77. The van der Waals surface area contributed by atoms with Crippen molar-refractivity contribution in [2.75, 3.05) is 20.6 Å². The van der Waals surface area contributed by atoms with Gasteiger partial charge in [0, 0.05) is 30.2 Å². The Labute approximate surface area is 97.5 Å². The molecule has 0 amide bonds. The van der Waals surface area contributed by atoms with Crippen LogP contribution in [0.1, 0.15) is 12.5 Å². The van der Waals surface area contributed by atoms with Gasteiger partial charge in [0.15, 0.2) is 0 Å². The lowest BCUT2D eigenvalue weighted by Gasteiger charge is -2.07. The van der Waals surface area contributed by atoms with Crippen molar-refractivity contribution >= 4 is 10.9 Å². The molecule has 0 saturated heterocycles. The zero-order valence-electron chi connectivity index (χ0n) is 10.4. The van der Waals surface area contributed by atoms with E-state index in [1.54, 1.807) is 0 Å². The van der Waals surface area contributed by atoms with Gasteiger partial charge in [0.25, 0.3) is 0 Å². The maximum atomic E-state index is 2.33. The van der Waals surface area contributed by atoms with Gasteiger partial charge in [0.05, 0.1) is 0 Å². The summed E-state index contributed by atoms with van der Waals surface area (Å²) in [5, 5.41) is 1.41. The molecule has 2 rings (SSSR count). The second kappa shape index (κ2) is 4.71. The van der Waals surface area contributed by atoms with E-state index < -0.39 is 0 Å². The molecule has 0 aliphatic carbocycles. The first-order chi connectivity index (χ1) is 7.72. The molecule has 2 aromatic rings. The zero-order valence-corrected chi connectivity index (χ0v) is 10.4. The van der Waals surface area contributed by atoms with Gasteiger partial charge in [0.1, 0.15) is 0 Å². The number of nitrogens with zero attached hydrogens (tertiary/aromatic N) is 2. The molecule has 0 radical (unpaired) electrons. The van der Waals surface area contributed by atoms with Crippen LogP contribution in [0.25, 0.3) is 10.9 Å². The largest absolute Gasteiger partial charge is 0.347 e. The highest BCUT2D eigenvalue weighted by atomic mass is 15.0. The summed E-state index contributed by atoms with van der Waals surface area (Å²) in [6, 6.07) is 8.68. The fourth-order valence-electron chi connectivity index (χ4n) is 2.13. The third-order valence-corrected chi connectivity index (χ3v) is 3.04. The summed E-state index contributed by atoms with van der Waals surface area (Å²) >= 11 is 0. The van der Waals surface area contributed by atoms with Crippen LogP contribution in [-0.2, 0) is 13.0 Å². The van der Waals surface area contributed by atoms with Crippen LogP contribution < -0.4 is 0 Å². The number of rotatable bonds is 4. The normalized spacial score (nSPS) is 11.5. The van der Waals surface area contributed by atoms with E-state index in [4.69, 9.17) is 0 Å². The molecule has 1 heterocycles. The number of likely N-dealkylation sites (N-methyl/N-ethyl adjacent to an activating group) is 1. The maximum Gasteiger partial charge on any atom is 0.0483 e. The van der Waals surface area contributed by atoms with E-state index in [2.05, 4.69) is 60.9 Å². The number of aromatic nitrogens is 1. The van der Waals surface area contributed by atoms with E-state index in [0.29, 0.717) is 0 Å². The highest BCUT2D eigenvalue weighted by Crippen LogP contribution is 2.21. The zero-order chi connectivity index (χ0) is 11.5. The molecular formula is C14H20N2. The molecule has 2 heteroatoms. The lowest BCUT2D eigenvalue weighted by molar-refractivity contribution is 0.414. The molecule has 86 valence electrons. The van der Waals surface area contributed by atoms with E-state index in [1.165, 1.54) is 16.5 Å². The molecule has 0 bridgehead atoms. The van der Waals surface area contributed by atoms with Gasteiger partial charge in [-0.25, -0.2) is 0 Å². The van der Waals surface area contributed by atoms with Crippen molar-refractivity contribution in [3.63, 3.8) is 0 Å². The molecule has 0 atom stereocenters. The highest BCUT2D eigenvalue weighted by Gasteiger charge is 2.06. The fourth-order valence-corrected chi connectivity index (χ4v) is 2.13. The van der Waals surface area contributed by atoms with Crippen LogP contribution in [0.2, 0.25) is 0 Å². The van der Waals surface area contributed by atoms with E-state index in [1.807, 2.05) is 0 Å². The number of aryl methyl sites for hydroxylation is 1. The molecule has 1 aromatic carbocycles. The number of fused-ring (bicyclic) bond motifs is 1. The molecule has 0 aliphatic heterocycles. The molecule has 0 unspecified atom stereocenters. The Morgan fingerprint density at radius 3 is 2.62 bits per heavy atom. The number of benzene rings is 1. The van der Waals surface area contributed by atoms with Crippen molar-refractivity contribution in [3.05, 3.63) is 36.0 Å². The Morgan fingerprint density at radius 1 is 1.19 bits per heavy atom. The minimum absolute atomic E-state index is 1.04. The standard InChI is InChI=1S/C14H20N2/c1-4-16-11-12(9-10-15(2)3)13-7-5-6-8-14(13)16/h5-8,11H,4,9-10H2,1-3H3. The van der Waals surface area contributed by atoms with Gasteiger partial charge in [-0.05, 0) is 39.1 Å². The second-order valence-electron chi connectivity index (χ2n) is 4.51. The summed E-state index contributed by atoms with van der Waals surface area (Å²) in [6.07, 6.45) is 3.43. The topological polar surface area (TPSA) is 8.17 Å². The lowest BCUT2D eigenvalue weighted by Crippen LogP contribution is -2.14. The average molecular weight is 216 g/mol. The quantitative estimate of drug-likeness (QED) is 0.763. The fraction of sp³-hybridized carbons (Fsp3) is 0.429. The first-order valence-corrected chi connectivity index (χ1v) is 5.94. The van der Waals surface area contributed by atoms with Crippen LogP contribution in [0.3, 0.4) is 0 Å². The van der Waals surface area contributed by atoms with E-state index in [0.717, 1.165) is 19.5 Å². The number of hydrogen-bond donors (Lipinski definition) is 0. The minimum atomic E-state index is 1.04. The summed E-state index contributed by atoms with van der Waals surface area (Å²) in [6.45, 7) is 4.35. The van der Waals surface area contributed by atoms with Crippen molar-refractivity contribution in [2.24, 2.45) is 0 Å². The lowest BCUT2D eigenvalue weighted by atomic mass is 10.1. The predicted molar refractivity (Wildman–Crippen MR) is 69.9 cm³/mol. The Kier molecular flexibility index (Phi) is 3.30. The molecule has 0 aliphatic rings. The highest BCUT2D eigenvalue weighted by molar-refractivity contribution is 5.83. The van der Waals surface area contributed by atoms with Gasteiger partial charge in [-0.2, -0.15) is 0 Å². The monoisotopic (exact) mass is 216 g/mol. The Hall–Kier alpha value is -1.28. The molecular weight excluding hydrogens is 196 g/mol.